The fourth-order valence-electron chi connectivity index (χ4n) is 5.34. The number of ketones is 1. The van der Waals surface area contributed by atoms with E-state index < -0.39 is 6.04 Å². The molecule has 0 spiro atoms. The third-order valence-corrected chi connectivity index (χ3v) is 7.59. The van der Waals surface area contributed by atoms with Crippen LogP contribution in [0.25, 0.3) is 10.9 Å². The van der Waals surface area contributed by atoms with E-state index in [1.807, 2.05) is 12.1 Å². The zero-order valence-electron chi connectivity index (χ0n) is 24.2. The van der Waals surface area contributed by atoms with Gasteiger partial charge in [0.25, 0.3) is 0 Å². The molecule has 0 unspecified atom stereocenters. The summed E-state index contributed by atoms with van der Waals surface area (Å²) in [6, 6.07) is 33.3. The van der Waals surface area contributed by atoms with Gasteiger partial charge in [-0.05, 0) is 50.5 Å². The fourth-order valence-corrected chi connectivity index (χ4v) is 5.34. The monoisotopic (exact) mass is 545 g/mol. The van der Waals surface area contributed by atoms with Crippen molar-refractivity contribution in [3.63, 3.8) is 0 Å². The molecule has 0 amide bonds. The number of Topliss-reactive ketones (excluding diaryl/α,β-unsaturated/α-hetero) is 1. The van der Waals surface area contributed by atoms with Crippen LogP contribution in [0.4, 0.5) is 5.69 Å². The molecule has 1 aromatic heterocycles. The maximum atomic E-state index is 12.0. The fraction of sp³-hybridized carbons (Fsp3) is 0.250. The minimum Gasteiger partial charge on any atom is -0.489 e. The minimum atomic E-state index is -0.494. The van der Waals surface area contributed by atoms with Crippen molar-refractivity contribution in [3.05, 3.63) is 131 Å². The molecule has 0 radical (unpaired) electrons. The van der Waals surface area contributed by atoms with Crippen LogP contribution in [-0.4, -0.2) is 22.9 Å². The van der Waals surface area contributed by atoms with Gasteiger partial charge in [0, 0.05) is 36.8 Å². The van der Waals surface area contributed by atoms with Crippen molar-refractivity contribution in [2.45, 2.75) is 52.9 Å². The van der Waals surface area contributed by atoms with E-state index in [1.54, 1.807) is 6.92 Å². The Morgan fingerprint density at radius 2 is 1.56 bits per heavy atom. The van der Waals surface area contributed by atoms with Gasteiger partial charge in [-0.15, -0.1) is 0 Å². The number of nitrogens with zero attached hydrogens (tertiary/aromatic N) is 2. The number of ether oxygens (including phenoxy) is 1. The summed E-state index contributed by atoms with van der Waals surface area (Å²) in [7, 11) is 0. The van der Waals surface area contributed by atoms with Crippen LogP contribution in [0.15, 0.2) is 103 Å². The zero-order chi connectivity index (χ0) is 28.8. The number of benzene rings is 4. The largest absolute Gasteiger partial charge is 0.489 e. The van der Waals surface area contributed by atoms with E-state index in [2.05, 4.69) is 114 Å². The van der Waals surface area contributed by atoms with Crippen molar-refractivity contribution >= 4 is 22.4 Å². The van der Waals surface area contributed by atoms with Crippen LogP contribution >= 0.6 is 0 Å². The van der Waals surface area contributed by atoms with Crippen LogP contribution in [0.5, 0.6) is 5.75 Å². The Morgan fingerprint density at radius 3 is 2.32 bits per heavy atom. The molecule has 0 aliphatic carbocycles. The zero-order valence-corrected chi connectivity index (χ0v) is 24.2. The van der Waals surface area contributed by atoms with E-state index in [4.69, 9.17) is 10.5 Å². The van der Waals surface area contributed by atoms with E-state index in [-0.39, 0.29) is 5.78 Å². The highest BCUT2D eigenvalue weighted by Crippen LogP contribution is 2.33. The van der Waals surface area contributed by atoms with Gasteiger partial charge in [-0.3, -0.25) is 4.79 Å². The molecule has 1 atom stereocenters. The number of aryl methyl sites for hydroxylation is 2. The first kappa shape index (κ1) is 28.2. The summed E-state index contributed by atoms with van der Waals surface area (Å²) in [6.07, 6.45) is 2.81. The molecule has 0 aliphatic rings. The van der Waals surface area contributed by atoms with Crippen LogP contribution in [0.2, 0.25) is 0 Å². The van der Waals surface area contributed by atoms with Crippen molar-refractivity contribution in [3.8, 4) is 5.75 Å². The molecule has 5 heteroatoms. The Balaban J connectivity index is 1.48. The molecule has 1 heterocycles. The molecule has 5 nitrogen and oxygen atoms in total. The number of carbonyl (C=O) groups excluding carboxylic acids is 1. The maximum absolute atomic E-state index is 12.0. The average molecular weight is 546 g/mol. The number of hydrogen-bond acceptors (Lipinski definition) is 4. The quantitative estimate of drug-likeness (QED) is 0.180. The predicted molar refractivity (Wildman–Crippen MR) is 168 cm³/mol. The van der Waals surface area contributed by atoms with Gasteiger partial charge >= 0.3 is 0 Å². The summed E-state index contributed by atoms with van der Waals surface area (Å²) in [4.78, 5) is 14.4. The summed E-state index contributed by atoms with van der Waals surface area (Å²) in [5.41, 5.74) is 14.5. The first-order valence-corrected chi connectivity index (χ1v) is 14.3. The second-order valence-electron chi connectivity index (χ2n) is 11.0. The van der Waals surface area contributed by atoms with Crippen LogP contribution in [0, 0.1) is 13.8 Å². The number of fused-ring (bicyclic) bond motifs is 1. The third kappa shape index (κ3) is 7.05. The van der Waals surface area contributed by atoms with Crippen LogP contribution < -0.4 is 15.4 Å². The molecule has 0 aliphatic heterocycles. The van der Waals surface area contributed by atoms with E-state index in [0.717, 1.165) is 29.1 Å². The van der Waals surface area contributed by atoms with E-state index >= 15 is 0 Å². The van der Waals surface area contributed by atoms with Gasteiger partial charge in [-0.25, -0.2) is 0 Å². The van der Waals surface area contributed by atoms with Crippen molar-refractivity contribution in [2.75, 3.05) is 11.4 Å². The average Bonchev–Trinajstić information content (AvgIpc) is 3.32. The summed E-state index contributed by atoms with van der Waals surface area (Å²) >= 11 is 0. The van der Waals surface area contributed by atoms with E-state index in [9.17, 15) is 4.79 Å². The van der Waals surface area contributed by atoms with Crippen LogP contribution in [-0.2, 0) is 24.5 Å². The van der Waals surface area contributed by atoms with Crippen LogP contribution in [0.3, 0.4) is 0 Å². The Bertz CT molecular complexity index is 1640. The van der Waals surface area contributed by atoms with Crippen LogP contribution in [0.1, 0.15) is 41.2 Å². The lowest BCUT2D eigenvalue weighted by molar-refractivity contribution is -0.118. The third-order valence-electron chi connectivity index (χ3n) is 7.59. The highest BCUT2D eigenvalue weighted by molar-refractivity contribution is 5.93. The molecule has 5 aromatic rings. The van der Waals surface area contributed by atoms with Gasteiger partial charge in [0.1, 0.15) is 18.1 Å². The van der Waals surface area contributed by atoms with Gasteiger partial charge in [-0.1, -0.05) is 96.1 Å². The lowest BCUT2D eigenvalue weighted by Gasteiger charge is -2.26. The number of anilines is 1. The molecule has 4 aromatic carbocycles. The molecule has 2 N–H and O–H groups in total. The summed E-state index contributed by atoms with van der Waals surface area (Å²) in [5, 5.41) is 1.18. The van der Waals surface area contributed by atoms with Crippen molar-refractivity contribution in [1.29, 1.82) is 0 Å². The number of aromatic nitrogens is 1. The molecule has 0 saturated heterocycles. The Labute approximate surface area is 243 Å². The molecular weight excluding hydrogens is 506 g/mol. The van der Waals surface area contributed by atoms with Gasteiger partial charge in [0.2, 0.25) is 0 Å². The number of carbonyl (C=O) groups is 1. The normalized spacial score (nSPS) is 11.9. The lowest BCUT2D eigenvalue weighted by atomic mass is 10.1. The lowest BCUT2D eigenvalue weighted by Crippen LogP contribution is -2.34. The smallest absolute Gasteiger partial charge is 0.146 e. The van der Waals surface area contributed by atoms with Crippen molar-refractivity contribution < 1.29 is 9.53 Å². The number of para-hydroxylation sites is 2. The Morgan fingerprint density at radius 1 is 0.878 bits per heavy atom. The highest BCUT2D eigenvalue weighted by Gasteiger charge is 2.19. The van der Waals surface area contributed by atoms with Gasteiger partial charge in [0.05, 0.1) is 17.2 Å². The van der Waals surface area contributed by atoms with Gasteiger partial charge in [0.15, 0.2) is 0 Å². The second-order valence-corrected chi connectivity index (χ2v) is 11.0. The first-order valence-electron chi connectivity index (χ1n) is 14.3. The van der Waals surface area contributed by atoms with Crippen molar-refractivity contribution in [2.24, 2.45) is 5.73 Å². The summed E-state index contributed by atoms with van der Waals surface area (Å²) in [6.45, 7) is 8.34. The molecule has 0 saturated carbocycles. The number of hydrogen-bond donors (Lipinski definition) is 1. The minimum absolute atomic E-state index is 0.00807. The molecule has 210 valence electrons. The van der Waals surface area contributed by atoms with Gasteiger partial charge in [-0.2, -0.15) is 0 Å². The Hall–Kier alpha value is -4.35. The van der Waals surface area contributed by atoms with E-state index in [1.165, 1.54) is 27.6 Å². The molecular formula is C36H39N3O2. The highest BCUT2D eigenvalue weighted by atomic mass is 16.5. The molecule has 41 heavy (non-hydrogen) atoms. The van der Waals surface area contributed by atoms with Crippen molar-refractivity contribution in [1.82, 2.24) is 4.57 Å². The Kier molecular flexibility index (Phi) is 8.85. The maximum Gasteiger partial charge on any atom is 0.146 e. The second kappa shape index (κ2) is 12.9. The predicted octanol–water partition coefficient (Wildman–Crippen LogP) is 7.20. The topological polar surface area (TPSA) is 60.5 Å². The molecule has 0 fully saturated rings. The first-order chi connectivity index (χ1) is 19.9. The van der Waals surface area contributed by atoms with E-state index in [0.29, 0.717) is 26.1 Å². The molecule has 5 rings (SSSR count). The SMILES string of the molecule is CC(=O)[C@@H](N)CCN(Cc1ccccc1OCc1cccc(C)c1)c1cn(Cc2cccc(C)c2)c2ccccc12. The number of rotatable bonds is 12. The van der Waals surface area contributed by atoms with Gasteiger partial charge < -0.3 is 19.9 Å². The molecule has 0 bridgehead atoms. The number of nitrogens with two attached hydrogens (primary N) is 1. The summed E-state index contributed by atoms with van der Waals surface area (Å²) < 4.78 is 8.67. The standard InChI is InChI=1S/C36H39N3O2/c1-26-10-8-12-29(20-26)22-39-24-35(32-15-5-6-16-34(32)39)38(19-18-33(37)28(3)40)23-31-14-4-7-17-36(31)41-25-30-13-9-11-27(2)21-30/h4-17,20-21,24,33H,18-19,22-23,25,37H2,1-3H3/t33-/m0/s1. The summed E-state index contributed by atoms with van der Waals surface area (Å²) in [5.74, 6) is 0.868.